The van der Waals surface area contributed by atoms with Gasteiger partial charge in [-0.25, -0.2) is 5.01 Å². The van der Waals surface area contributed by atoms with E-state index < -0.39 is 0 Å². The van der Waals surface area contributed by atoms with E-state index in [2.05, 4.69) is 44.0 Å². The average Bonchev–Trinajstić information content (AvgIpc) is 3.14. The second-order valence-corrected chi connectivity index (χ2v) is 9.66. The first-order valence-electron chi connectivity index (χ1n) is 9.02. The lowest BCUT2D eigenvalue weighted by molar-refractivity contribution is -0.0189. The summed E-state index contributed by atoms with van der Waals surface area (Å²) in [5.41, 5.74) is 4.08. The number of rotatable bonds is 2. The van der Waals surface area contributed by atoms with E-state index in [0.29, 0.717) is 15.8 Å². The molecule has 0 radical (unpaired) electrons. The minimum absolute atomic E-state index is 0.00208. The Morgan fingerprint density at radius 3 is 2.28 bits per heavy atom. The summed E-state index contributed by atoms with van der Waals surface area (Å²) in [5.74, 6) is 0.678. The number of ether oxygens (including phenoxy) is 1. The molecular weight excluding hydrogens is 539 g/mol. The van der Waals surface area contributed by atoms with Gasteiger partial charge in [0.1, 0.15) is 5.75 Å². The molecular formula is C22H14Br2Cl2N2O. The molecule has 0 aliphatic carbocycles. The monoisotopic (exact) mass is 550 g/mol. The van der Waals surface area contributed by atoms with Crippen LogP contribution < -0.4 is 4.74 Å². The van der Waals surface area contributed by atoms with E-state index in [9.17, 15) is 0 Å². The first kappa shape index (κ1) is 19.4. The SMILES string of the molecule is Clc1cc(Cl)c2c(c1)[C@@H]1CC(c3ccc(Br)cc3)=NN1[C@@H](c1ccc(Br)cc1)O2. The smallest absolute Gasteiger partial charge is 0.213 e. The Bertz CT molecular complexity index is 1120. The Morgan fingerprint density at radius 1 is 0.931 bits per heavy atom. The number of benzene rings is 3. The number of hydrazone groups is 1. The quantitative estimate of drug-likeness (QED) is 0.324. The molecule has 5 rings (SSSR count). The maximum absolute atomic E-state index is 6.51. The fourth-order valence-electron chi connectivity index (χ4n) is 3.78. The van der Waals surface area contributed by atoms with Gasteiger partial charge in [-0.15, -0.1) is 0 Å². The molecule has 2 aliphatic heterocycles. The maximum Gasteiger partial charge on any atom is 0.213 e. The Hall–Kier alpha value is -1.53. The largest absolute Gasteiger partial charge is 0.463 e. The minimum Gasteiger partial charge on any atom is -0.463 e. The summed E-state index contributed by atoms with van der Waals surface area (Å²) in [6.07, 6.45) is 0.383. The molecule has 3 aromatic rings. The van der Waals surface area contributed by atoms with Crippen molar-refractivity contribution in [1.82, 2.24) is 5.01 Å². The topological polar surface area (TPSA) is 24.8 Å². The van der Waals surface area contributed by atoms with Crippen LogP contribution >= 0.6 is 55.1 Å². The third kappa shape index (κ3) is 3.59. The molecule has 0 aromatic heterocycles. The Balaban J connectivity index is 1.62. The van der Waals surface area contributed by atoms with Crippen molar-refractivity contribution in [2.45, 2.75) is 18.7 Å². The molecule has 2 heterocycles. The zero-order valence-corrected chi connectivity index (χ0v) is 19.6. The average molecular weight is 553 g/mol. The van der Waals surface area contributed by atoms with Gasteiger partial charge >= 0.3 is 0 Å². The predicted octanol–water partition coefficient (Wildman–Crippen LogP) is 7.76. The van der Waals surface area contributed by atoms with Crippen LogP contribution in [0.15, 0.2) is 74.7 Å². The minimum atomic E-state index is -0.368. The molecule has 0 unspecified atom stereocenters. The molecule has 2 atom stereocenters. The van der Waals surface area contributed by atoms with Gasteiger partial charge in [-0.05, 0) is 42.0 Å². The van der Waals surface area contributed by atoms with E-state index in [-0.39, 0.29) is 12.3 Å². The predicted molar refractivity (Wildman–Crippen MR) is 124 cm³/mol. The number of nitrogens with zero attached hydrogens (tertiary/aromatic N) is 2. The summed E-state index contributed by atoms with van der Waals surface area (Å²) in [5, 5.41) is 8.10. The molecule has 0 N–H and O–H groups in total. The highest BCUT2D eigenvalue weighted by atomic mass is 79.9. The van der Waals surface area contributed by atoms with E-state index in [0.717, 1.165) is 37.8 Å². The van der Waals surface area contributed by atoms with Crippen molar-refractivity contribution in [3.05, 3.63) is 96.3 Å². The van der Waals surface area contributed by atoms with E-state index >= 15 is 0 Å². The number of halogens is 4. The van der Waals surface area contributed by atoms with Gasteiger partial charge in [0.15, 0.2) is 0 Å². The third-order valence-electron chi connectivity index (χ3n) is 5.14. The summed E-state index contributed by atoms with van der Waals surface area (Å²) >= 11 is 19.8. The lowest BCUT2D eigenvalue weighted by atomic mass is 9.96. The van der Waals surface area contributed by atoms with Crippen molar-refractivity contribution in [2.24, 2.45) is 5.10 Å². The van der Waals surface area contributed by atoms with Crippen LogP contribution in [0.2, 0.25) is 10.0 Å². The van der Waals surface area contributed by atoms with Crippen molar-refractivity contribution in [3.8, 4) is 5.75 Å². The Labute approximate surface area is 195 Å². The second kappa shape index (κ2) is 7.62. The zero-order valence-electron chi connectivity index (χ0n) is 14.9. The van der Waals surface area contributed by atoms with Crippen LogP contribution in [0.1, 0.15) is 35.4 Å². The highest BCUT2D eigenvalue weighted by Crippen LogP contribution is 2.50. The van der Waals surface area contributed by atoms with Crippen LogP contribution in [0.5, 0.6) is 5.75 Å². The van der Waals surface area contributed by atoms with E-state index in [1.54, 1.807) is 6.07 Å². The van der Waals surface area contributed by atoms with Crippen LogP contribution in [0.25, 0.3) is 0 Å². The first-order valence-corrected chi connectivity index (χ1v) is 11.4. The lowest BCUT2D eigenvalue weighted by Gasteiger charge is -2.38. The van der Waals surface area contributed by atoms with Crippen LogP contribution in [-0.4, -0.2) is 10.7 Å². The highest BCUT2D eigenvalue weighted by molar-refractivity contribution is 9.10. The van der Waals surface area contributed by atoms with Gasteiger partial charge in [0.25, 0.3) is 0 Å². The van der Waals surface area contributed by atoms with E-state index in [1.165, 1.54) is 0 Å². The van der Waals surface area contributed by atoms with Crippen LogP contribution in [0, 0.1) is 0 Å². The lowest BCUT2D eigenvalue weighted by Crippen LogP contribution is -2.33. The molecule has 0 fully saturated rings. The summed E-state index contributed by atoms with van der Waals surface area (Å²) in [6, 6.07) is 19.9. The molecule has 0 amide bonds. The van der Waals surface area contributed by atoms with E-state index in [1.807, 2.05) is 47.5 Å². The molecule has 0 bridgehead atoms. The van der Waals surface area contributed by atoms with Gasteiger partial charge in [-0.1, -0.05) is 79.3 Å². The molecule has 146 valence electrons. The number of fused-ring (bicyclic) bond motifs is 3. The highest BCUT2D eigenvalue weighted by Gasteiger charge is 2.42. The second-order valence-electron chi connectivity index (χ2n) is 6.98. The van der Waals surface area contributed by atoms with Crippen LogP contribution in [-0.2, 0) is 0 Å². The van der Waals surface area contributed by atoms with Gasteiger partial charge in [-0.2, -0.15) is 5.10 Å². The molecule has 3 nitrogen and oxygen atoms in total. The van der Waals surface area contributed by atoms with Crippen molar-refractivity contribution in [1.29, 1.82) is 0 Å². The van der Waals surface area contributed by atoms with Gasteiger partial charge in [0.05, 0.1) is 16.8 Å². The van der Waals surface area contributed by atoms with Gasteiger partial charge in [0.2, 0.25) is 6.23 Å². The van der Waals surface area contributed by atoms with Gasteiger partial charge in [-0.3, -0.25) is 0 Å². The van der Waals surface area contributed by atoms with E-state index in [4.69, 9.17) is 33.0 Å². The van der Waals surface area contributed by atoms with Gasteiger partial charge < -0.3 is 4.74 Å². The fraction of sp³-hybridized carbons (Fsp3) is 0.136. The van der Waals surface area contributed by atoms with Crippen molar-refractivity contribution in [3.63, 3.8) is 0 Å². The summed E-state index contributed by atoms with van der Waals surface area (Å²) in [7, 11) is 0. The summed E-state index contributed by atoms with van der Waals surface area (Å²) in [6.45, 7) is 0. The third-order valence-corrected chi connectivity index (χ3v) is 6.70. The number of hydrogen-bond acceptors (Lipinski definition) is 3. The van der Waals surface area contributed by atoms with Crippen molar-refractivity contribution in [2.75, 3.05) is 0 Å². The molecule has 29 heavy (non-hydrogen) atoms. The van der Waals surface area contributed by atoms with Crippen LogP contribution in [0.3, 0.4) is 0 Å². The maximum atomic E-state index is 6.51. The van der Waals surface area contributed by atoms with Crippen molar-refractivity contribution < 1.29 is 4.74 Å². The van der Waals surface area contributed by atoms with Crippen molar-refractivity contribution >= 4 is 60.8 Å². The normalized spacial score (nSPS) is 20.0. The zero-order chi connectivity index (χ0) is 20.1. The molecule has 0 saturated carbocycles. The molecule has 0 spiro atoms. The number of hydrogen-bond donors (Lipinski definition) is 0. The molecule has 0 saturated heterocycles. The first-order chi connectivity index (χ1) is 14.0. The Kier molecular flexibility index (Phi) is 5.11. The van der Waals surface area contributed by atoms with Crippen LogP contribution in [0.4, 0.5) is 0 Å². The van der Waals surface area contributed by atoms with Gasteiger partial charge in [0, 0.05) is 31.5 Å². The molecule has 2 aliphatic rings. The summed E-state index contributed by atoms with van der Waals surface area (Å²) in [4.78, 5) is 0. The fourth-order valence-corrected chi connectivity index (χ4v) is 4.86. The Morgan fingerprint density at radius 2 is 1.59 bits per heavy atom. The molecule has 3 aromatic carbocycles. The summed E-state index contributed by atoms with van der Waals surface area (Å²) < 4.78 is 8.42. The molecule has 7 heteroatoms. The standard InChI is InChI=1S/C22H14Br2Cl2N2O/c23-14-5-1-12(2-6-14)19-11-20-17-9-16(25)10-18(26)21(17)29-22(28(20)27-19)13-3-7-15(24)8-4-13/h1-10,20,22H,11H2/t20-,22+/m0/s1.